The minimum atomic E-state index is -0.167. The second-order valence-corrected chi connectivity index (χ2v) is 7.00. The van der Waals surface area contributed by atoms with Crippen molar-refractivity contribution in [1.82, 2.24) is 20.2 Å². The summed E-state index contributed by atoms with van der Waals surface area (Å²) in [5.41, 5.74) is -0.253. The quantitative estimate of drug-likeness (QED) is 0.813. The molecule has 1 aromatic rings. The molecule has 0 atom stereocenters. The van der Waals surface area contributed by atoms with Crippen molar-refractivity contribution < 1.29 is 9.53 Å². The number of piperidine rings is 1. The van der Waals surface area contributed by atoms with Crippen molar-refractivity contribution in [2.24, 2.45) is 7.05 Å². The smallest absolute Gasteiger partial charge is 0.315 e. The number of amides is 2. The summed E-state index contributed by atoms with van der Waals surface area (Å²) < 4.78 is 7.04. The summed E-state index contributed by atoms with van der Waals surface area (Å²) in [6, 6.07) is -0.0285. The highest BCUT2D eigenvalue weighted by Crippen LogP contribution is 2.34. The van der Waals surface area contributed by atoms with Crippen LogP contribution in [0.4, 0.5) is 10.6 Å². The first kappa shape index (κ1) is 17.7. The lowest BCUT2D eigenvalue weighted by atomic mass is 9.80. The highest BCUT2D eigenvalue weighted by atomic mass is 16.5. The van der Waals surface area contributed by atoms with Crippen LogP contribution in [-0.4, -0.2) is 54.0 Å². The molecule has 0 unspecified atom stereocenters. The van der Waals surface area contributed by atoms with Crippen molar-refractivity contribution in [3.05, 3.63) is 22.7 Å². The van der Waals surface area contributed by atoms with Gasteiger partial charge >= 0.3 is 6.03 Å². The zero-order valence-corrected chi connectivity index (χ0v) is 15.0. The van der Waals surface area contributed by atoms with Crippen LogP contribution in [0.15, 0.2) is 17.2 Å². The van der Waals surface area contributed by atoms with Gasteiger partial charge in [-0.1, -0.05) is 0 Å². The molecule has 0 bridgehead atoms. The summed E-state index contributed by atoms with van der Waals surface area (Å²) in [5, 5.41) is 5.95. The van der Waals surface area contributed by atoms with Crippen molar-refractivity contribution >= 4 is 11.8 Å². The van der Waals surface area contributed by atoms with E-state index in [4.69, 9.17) is 4.74 Å². The zero-order valence-electron chi connectivity index (χ0n) is 15.0. The minimum Gasteiger partial charge on any atom is -0.376 e. The van der Waals surface area contributed by atoms with Crippen molar-refractivity contribution in [3.63, 3.8) is 0 Å². The largest absolute Gasteiger partial charge is 0.376 e. The number of hydrogen-bond acceptors (Lipinski definition) is 5. The van der Waals surface area contributed by atoms with E-state index in [1.807, 2.05) is 4.90 Å². The Hall–Kier alpha value is -2.09. The maximum atomic E-state index is 12.1. The molecule has 2 fully saturated rings. The summed E-state index contributed by atoms with van der Waals surface area (Å²) >= 11 is 0. The van der Waals surface area contributed by atoms with Crippen molar-refractivity contribution in [2.45, 2.75) is 43.7 Å². The van der Waals surface area contributed by atoms with Crippen LogP contribution in [0.25, 0.3) is 0 Å². The molecular weight excluding hydrogens is 322 g/mol. The molecule has 2 aliphatic rings. The maximum Gasteiger partial charge on any atom is 0.315 e. The van der Waals surface area contributed by atoms with Crippen LogP contribution in [0.5, 0.6) is 0 Å². The molecule has 1 aromatic heterocycles. The van der Waals surface area contributed by atoms with E-state index in [2.05, 4.69) is 15.6 Å². The molecule has 1 aliphatic carbocycles. The number of nitrogens with zero attached hydrogens (tertiary/aromatic N) is 3. The van der Waals surface area contributed by atoms with Gasteiger partial charge in [-0.25, -0.2) is 9.78 Å². The van der Waals surface area contributed by atoms with Gasteiger partial charge in [-0.05, 0) is 32.1 Å². The summed E-state index contributed by atoms with van der Waals surface area (Å²) in [6.07, 6.45) is 8.04. The number of anilines is 1. The monoisotopic (exact) mass is 349 g/mol. The number of ether oxygens (including phenoxy) is 1. The topological polar surface area (TPSA) is 88.5 Å². The van der Waals surface area contributed by atoms with Crippen LogP contribution in [-0.2, 0) is 11.8 Å². The van der Waals surface area contributed by atoms with E-state index in [0.29, 0.717) is 25.5 Å². The Morgan fingerprint density at radius 1 is 1.40 bits per heavy atom. The third-order valence-corrected chi connectivity index (χ3v) is 5.40. The van der Waals surface area contributed by atoms with Crippen LogP contribution in [0.1, 0.15) is 32.1 Å². The Morgan fingerprint density at radius 3 is 2.72 bits per heavy atom. The van der Waals surface area contributed by atoms with Gasteiger partial charge in [0.25, 0.3) is 5.56 Å². The van der Waals surface area contributed by atoms with Gasteiger partial charge < -0.3 is 24.8 Å². The first-order chi connectivity index (χ1) is 12.0. The molecule has 3 rings (SSSR count). The number of nitrogens with one attached hydrogen (secondary N) is 2. The Kier molecular flexibility index (Phi) is 5.27. The molecule has 0 radical (unpaired) electrons. The number of methoxy groups -OCH3 is 1. The van der Waals surface area contributed by atoms with Gasteiger partial charge in [0.2, 0.25) is 0 Å². The summed E-state index contributed by atoms with van der Waals surface area (Å²) in [7, 11) is 3.43. The van der Waals surface area contributed by atoms with Crippen molar-refractivity contribution in [3.8, 4) is 0 Å². The van der Waals surface area contributed by atoms with Crippen LogP contribution < -0.4 is 21.1 Å². The fourth-order valence-corrected chi connectivity index (χ4v) is 3.44. The highest BCUT2D eigenvalue weighted by Gasteiger charge is 2.37. The number of urea groups is 1. The fraction of sp³-hybridized carbons (Fsp3) is 0.706. The number of hydrogen-bond donors (Lipinski definition) is 2. The molecule has 0 aromatic carbocycles. The number of carbonyl (C=O) groups is 1. The maximum absolute atomic E-state index is 12.1. The van der Waals surface area contributed by atoms with Crippen LogP contribution in [0.2, 0.25) is 0 Å². The van der Waals surface area contributed by atoms with Crippen LogP contribution in [0, 0.1) is 0 Å². The molecule has 8 heteroatoms. The van der Waals surface area contributed by atoms with Gasteiger partial charge in [0.1, 0.15) is 0 Å². The van der Waals surface area contributed by atoms with E-state index < -0.39 is 0 Å². The summed E-state index contributed by atoms with van der Waals surface area (Å²) in [5.74, 6) is 0.486. The SMILES string of the molecule is COC1(CNC(=O)NC2CCN(c3nccn(C)c3=O)CC2)CCC1. The van der Waals surface area contributed by atoms with E-state index in [9.17, 15) is 9.59 Å². The Balaban J connectivity index is 1.45. The van der Waals surface area contributed by atoms with Gasteiger partial charge in [-0.2, -0.15) is 0 Å². The lowest BCUT2D eigenvalue weighted by molar-refractivity contribution is -0.0674. The van der Waals surface area contributed by atoms with E-state index >= 15 is 0 Å². The minimum absolute atomic E-state index is 0.0861. The van der Waals surface area contributed by atoms with Gasteiger partial charge in [-0.3, -0.25) is 4.79 Å². The van der Waals surface area contributed by atoms with Gasteiger partial charge in [0, 0.05) is 52.2 Å². The molecular formula is C17H27N5O3. The van der Waals surface area contributed by atoms with Gasteiger partial charge in [0.15, 0.2) is 5.82 Å². The van der Waals surface area contributed by atoms with Crippen LogP contribution in [0.3, 0.4) is 0 Å². The Labute approximate surface area is 147 Å². The Bertz CT molecular complexity index is 657. The molecule has 2 N–H and O–H groups in total. The molecule has 2 amide bonds. The summed E-state index contributed by atoms with van der Waals surface area (Å²) in [6.45, 7) is 1.97. The predicted octanol–water partition coefficient (Wildman–Crippen LogP) is 0.617. The van der Waals surface area contributed by atoms with E-state index in [0.717, 1.165) is 32.1 Å². The molecule has 8 nitrogen and oxygen atoms in total. The second kappa shape index (κ2) is 7.43. The zero-order chi connectivity index (χ0) is 17.9. The Morgan fingerprint density at radius 2 is 2.12 bits per heavy atom. The van der Waals surface area contributed by atoms with Gasteiger partial charge in [0.05, 0.1) is 5.60 Å². The third-order valence-electron chi connectivity index (χ3n) is 5.40. The van der Waals surface area contributed by atoms with E-state index in [1.54, 1.807) is 26.6 Å². The number of rotatable bonds is 5. The first-order valence-corrected chi connectivity index (χ1v) is 8.89. The molecule has 0 spiro atoms. The molecule has 1 saturated heterocycles. The lowest BCUT2D eigenvalue weighted by Gasteiger charge is -2.40. The molecule has 1 saturated carbocycles. The van der Waals surface area contributed by atoms with E-state index in [1.165, 1.54) is 4.57 Å². The van der Waals surface area contributed by atoms with Crippen molar-refractivity contribution in [2.75, 3.05) is 31.6 Å². The van der Waals surface area contributed by atoms with E-state index in [-0.39, 0.29) is 23.2 Å². The predicted molar refractivity (Wildman–Crippen MR) is 94.8 cm³/mol. The standard InChI is InChI=1S/C17H27N5O3/c1-21-11-8-18-14(15(21)23)22-9-4-13(5-10-22)20-16(24)19-12-17(25-2)6-3-7-17/h8,11,13H,3-7,9-10,12H2,1-2H3,(H2,19,20,24). The van der Waals surface area contributed by atoms with Gasteiger partial charge in [-0.15, -0.1) is 0 Å². The fourth-order valence-electron chi connectivity index (χ4n) is 3.44. The first-order valence-electron chi connectivity index (χ1n) is 8.89. The molecule has 138 valence electrons. The number of aromatic nitrogens is 2. The van der Waals surface area contributed by atoms with Crippen LogP contribution >= 0.6 is 0 Å². The lowest BCUT2D eigenvalue weighted by Crippen LogP contribution is -2.54. The number of aryl methyl sites for hydroxylation is 1. The molecule has 1 aliphatic heterocycles. The molecule has 2 heterocycles. The van der Waals surface area contributed by atoms with Crippen molar-refractivity contribution in [1.29, 1.82) is 0 Å². The number of carbonyl (C=O) groups excluding carboxylic acids is 1. The summed E-state index contributed by atoms with van der Waals surface area (Å²) in [4.78, 5) is 30.4. The second-order valence-electron chi connectivity index (χ2n) is 7.00. The normalized spacial score (nSPS) is 20.0. The highest BCUT2D eigenvalue weighted by molar-refractivity contribution is 5.74. The average Bonchev–Trinajstić information content (AvgIpc) is 2.58. The average molecular weight is 349 g/mol. The molecule has 25 heavy (non-hydrogen) atoms. The third kappa shape index (κ3) is 3.95.